The van der Waals surface area contributed by atoms with Crippen LogP contribution in [0.5, 0.6) is 0 Å². The van der Waals surface area contributed by atoms with Crippen LogP contribution in [0, 0.1) is 0 Å². The van der Waals surface area contributed by atoms with E-state index in [2.05, 4.69) is 22.0 Å². The van der Waals surface area contributed by atoms with Crippen molar-refractivity contribution in [3.8, 4) is 11.1 Å². The third kappa shape index (κ3) is 4.72. The highest BCUT2D eigenvalue weighted by Gasteiger charge is 2.13. The molecule has 30 heavy (non-hydrogen) atoms. The van der Waals surface area contributed by atoms with Crippen LogP contribution in [0.3, 0.4) is 0 Å². The predicted molar refractivity (Wildman–Crippen MR) is 121 cm³/mol. The number of aromatic carboxylic acids is 1. The Hall–Kier alpha value is -3.51. The average molecular weight is 416 g/mol. The van der Waals surface area contributed by atoms with E-state index >= 15 is 0 Å². The lowest BCUT2D eigenvalue weighted by atomic mass is 10.0. The third-order valence-corrected chi connectivity index (χ3v) is 5.63. The molecule has 1 aromatic heterocycles. The third-order valence-electron chi connectivity index (χ3n) is 4.76. The standard InChI is InChI=1S/C24H21N3O2S/c28-24(29)21-12-11-20(19-9-5-2-6-10-19)17-22(21)26-30-23-13-15-25-27(23)16-14-18-7-3-1-4-8-18/h1-13,15,17,26H,14,16H2,(H,28,29). The summed E-state index contributed by atoms with van der Waals surface area (Å²) in [5.74, 6) is -0.963. The molecular formula is C24H21N3O2S. The van der Waals surface area contributed by atoms with E-state index in [9.17, 15) is 9.90 Å². The van der Waals surface area contributed by atoms with Gasteiger partial charge in [0.1, 0.15) is 5.03 Å². The number of aryl methyl sites for hydroxylation is 2. The number of carbonyl (C=O) groups is 1. The number of hydrogen-bond donors (Lipinski definition) is 2. The van der Waals surface area contributed by atoms with Gasteiger partial charge in [0.05, 0.1) is 17.4 Å². The maximum absolute atomic E-state index is 11.7. The minimum absolute atomic E-state index is 0.234. The zero-order valence-corrected chi connectivity index (χ0v) is 17.0. The van der Waals surface area contributed by atoms with Gasteiger partial charge in [-0.25, -0.2) is 4.79 Å². The first kappa shape index (κ1) is 19.8. The van der Waals surface area contributed by atoms with E-state index in [1.54, 1.807) is 12.3 Å². The maximum atomic E-state index is 11.7. The number of nitrogens with zero attached hydrogens (tertiary/aromatic N) is 2. The highest BCUT2D eigenvalue weighted by Crippen LogP contribution is 2.29. The highest BCUT2D eigenvalue weighted by atomic mass is 32.2. The summed E-state index contributed by atoms with van der Waals surface area (Å²) in [6.07, 6.45) is 2.63. The smallest absolute Gasteiger partial charge is 0.337 e. The van der Waals surface area contributed by atoms with Crippen molar-refractivity contribution in [2.75, 3.05) is 4.72 Å². The van der Waals surface area contributed by atoms with Gasteiger partial charge in [0.15, 0.2) is 0 Å². The molecule has 150 valence electrons. The van der Waals surface area contributed by atoms with Gasteiger partial charge in [0, 0.05) is 18.5 Å². The van der Waals surface area contributed by atoms with Crippen molar-refractivity contribution >= 4 is 23.6 Å². The monoisotopic (exact) mass is 415 g/mol. The van der Waals surface area contributed by atoms with E-state index in [1.807, 2.05) is 71.4 Å². The number of aromatic nitrogens is 2. The van der Waals surface area contributed by atoms with Crippen LogP contribution in [0.4, 0.5) is 5.69 Å². The van der Waals surface area contributed by atoms with Crippen LogP contribution >= 0.6 is 11.9 Å². The fourth-order valence-corrected chi connectivity index (χ4v) is 3.94. The molecule has 5 nitrogen and oxygen atoms in total. The minimum Gasteiger partial charge on any atom is -0.478 e. The predicted octanol–water partition coefficient (Wildman–Crippen LogP) is 5.61. The second-order valence-corrected chi connectivity index (χ2v) is 7.59. The lowest BCUT2D eigenvalue weighted by molar-refractivity contribution is 0.0698. The van der Waals surface area contributed by atoms with Gasteiger partial charge in [-0.1, -0.05) is 66.7 Å². The quantitative estimate of drug-likeness (QED) is 0.366. The molecule has 6 heteroatoms. The molecule has 0 fully saturated rings. The first-order valence-electron chi connectivity index (χ1n) is 9.62. The van der Waals surface area contributed by atoms with Crippen molar-refractivity contribution in [3.63, 3.8) is 0 Å². The second-order valence-electron chi connectivity index (χ2n) is 6.76. The summed E-state index contributed by atoms with van der Waals surface area (Å²) in [6, 6.07) is 27.4. The number of carboxylic acids is 1. The van der Waals surface area contributed by atoms with Crippen molar-refractivity contribution in [2.24, 2.45) is 0 Å². The Balaban J connectivity index is 1.51. The normalized spacial score (nSPS) is 10.7. The van der Waals surface area contributed by atoms with E-state index in [0.29, 0.717) is 5.69 Å². The summed E-state index contributed by atoms with van der Waals surface area (Å²) >= 11 is 1.36. The van der Waals surface area contributed by atoms with Crippen molar-refractivity contribution < 1.29 is 9.90 Å². The van der Waals surface area contributed by atoms with Crippen LogP contribution in [-0.4, -0.2) is 20.9 Å². The Bertz CT molecular complexity index is 1130. The average Bonchev–Trinajstić information content (AvgIpc) is 3.24. The lowest BCUT2D eigenvalue weighted by Crippen LogP contribution is -2.06. The summed E-state index contributed by atoms with van der Waals surface area (Å²) in [4.78, 5) is 11.7. The largest absolute Gasteiger partial charge is 0.478 e. The topological polar surface area (TPSA) is 67.2 Å². The summed E-state index contributed by atoms with van der Waals surface area (Å²) in [5, 5.41) is 14.9. The first-order chi connectivity index (χ1) is 14.7. The van der Waals surface area contributed by atoms with E-state index in [1.165, 1.54) is 17.5 Å². The molecule has 0 atom stereocenters. The summed E-state index contributed by atoms with van der Waals surface area (Å²) in [6.45, 7) is 0.747. The molecule has 0 amide bonds. The van der Waals surface area contributed by atoms with Crippen LogP contribution in [-0.2, 0) is 13.0 Å². The van der Waals surface area contributed by atoms with E-state index in [-0.39, 0.29) is 5.56 Å². The van der Waals surface area contributed by atoms with Gasteiger partial charge in [-0.05, 0) is 41.3 Å². The molecule has 0 saturated carbocycles. The molecule has 0 aliphatic heterocycles. The molecule has 3 aromatic carbocycles. The molecule has 0 aliphatic carbocycles. The number of anilines is 1. The molecule has 1 heterocycles. The van der Waals surface area contributed by atoms with Crippen molar-refractivity contribution in [3.05, 3.63) is 102 Å². The summed E-state index contributed by atoms with van der Waals surface area (Å²) in [7, 11) is 0. The van der Waals surface area contributed by atoms with Crippen molar-refractivity contribution in [1.82, 2.24) is 9.78 Å². The van der Waals surface area contributed by atoms with Crippen molar-refractivity contribution in [1.29, 1.82) is 0 Å². The van der Waals surface area contributed by atoms with Gasteiger partial charge in [-0.15, -0.1) is 0 Å². The molecule has 0 bridgehead atoms. The fraction of sp³-hybridized carbons (Fsp3) is 0.0833. The molecule has 0 spiro atoms. The number of nitrogens with one attached hydrogen (secondary N) is 1. The second kappa shape index (κ2) is 9.33. The van der Waals surface area contributed by atoms with Gasteiger partial charge in [0.25, 0.3) is 0 Å². The lowest BCUT2D eigenvalue weighted by Gasteiger charge is -2.12. The minimum atomic E-state index is -0.963. The number of rotatable bonds is 8. The maximum Gasteiger partial charge on any atom is 0.337 e. The van der Waals surface area contributed by atoms with E-state index < -0.39 is 5.97 Å². The summed E-state index contributed by atoms with van der Waals surface area (Å²) < 4.78 is 5.14. The Kier molecular flexibility index (Phi) is 6.15. The SMILES string of the molecule is O=C(O)c1ccc(-c2ccccc2)cc1NSc1ccnn1CCc1ccccc1. The van der Waals surface area contributed by atoms with Crippen LogP contribution < -0.4 is 4.72 Å². The number of carboxylic acid groups (broad SMARTS) is 1. The molecule has 0 radical (unpaired) electrons. The Morgan fingerprint density at radius 3 is 2.40 bits per heavy atom. The van der Waals surface area contributed by atoms with Gasteiger partial charge in [0.2, 0.25) is 0 Å². The Morgan fingerprint density at radius 1 is 0.933 bits per heavy atom. The van der Waals surface area contributed by atoms with Gasteiger partial charge >= 0.3 is 5.97 Å². The highest BCUT2D eigenvalue weighted by molar-refractivity contribution is 8.00. The molecule has 4 aromatic rings. The molecule has 2 N–H and O–H groups in total. The fourth-order valence-electron chi connectivity index (χ4n) is 3.19. The molecule has 4 rings (SSSR count). The summed E-state index contributed by atoms with van der Waals surface area (Å²) in [5.41, 5.74) is 4.04. The molecular weight excluding hydrogens is 394 g/mol. The molecule has 0 unspecified atom stereocenters. The van der Waals surface area contributed by atoms with Gasteiger partial charge in [-0.3, -0.25) is 4.68 Å². The number of benzene rings is 3. The van der Waals surface area contributed by atoms with E-state index in [4.69, 9.17) is 0 Å². The Labute approximate surface area is 179 Å². The number of hydrogen-bond acceptors (Lipinski definition) is 4. The van der Waals surface area contributed by atoms with Crippen LogP contribution in [0.1, 0.15) is 15.9 Å². The van der Waals surface area contributed by atoms with Crippen molar-refractivity contribution in [2.45, 2.75) is 18.0 Å². The van der Waals surface area contributed by atoms with Gasteiger partial charge < -0.3 is 9.83 Å². The van der Waals surface area contributed by atoms with Crippen LogP contribution in [0.2, 0.25) is 0 Å². The van der Waals surface area contributed by atoms with Crippen LogP contribution in [0.25, 0.3) is 11.1 Å². The zero-order chi connectivity index (χ0) is 20.8. The molecule has 0 saturated heterocycles. The Morgan fingerprint density at radius 2 is 1.67 bits per heavy atom. The van der Waals surface area contributed by atoms with Gasteiger partial charge in [-0.2, -0.15) is 5.10 Å². The molecule has 0 aliphatic rings. The van der Waals surface area contributed by atoms with E-state index in [0.717, 1.165) is 29.1 Å². The van der Waals surface area contributed by atoms with Crippen LogP contribution in [0.15, 0.2) is 96.2 Å². The first-order valence-corrected chi connectivity index (χ1v) is 10.4. The zero-order valence-electron chi connectivity index (χ0n) is 16.2.